The average Bonchev–Trinajstić information content (AvgIpc) is 2.77. The molecule has 2 amide bonds. The van der Waals surface area contributed by atoms with Crippen LogP contribution in [0.25, 0.3) is 10.9 Å². The van der Waals surface area contributed by atoms with Crippen LogP contribution in [-0.4, -0.2) is 52.8 Å². The Bertz CT molecular complexity index is 938. The van der Waals surface area contributed by atoms with Gasteiger partial charge in [-0.2, -0.15) is 0 Å². The predicted octanol–water partition coefficient (Wildman–Crippen LogP) is 3.17. The third kappa shape index (κ3) is 4.52. The van der Waals surface area contributed by atoms with Crippen molar-refractivity contribution in [1.29, 1.82) is 0 Å². The van der Waals surface area contributed by atoms with E-state index in [1.54, 1.807) is 11.0 Å². The Morgan fingerprint density at radius 3 is 2.41 bits per heavy atom. The molecule has 2 aliphatic rings. The Balaban J connectivity index is 1.35. The molecule has 29 heavy (non-hydrogen) atoms. The van der Waals surface area contributed by atoms with Crippen LogP contribution in [0.1, 0.15) is 55.3 Å². The molecule has 2 aromatic rings. The van der Waals surface area contributed by atoms with Crippen molar-refractivity contribution in [2.75, 3.05) is 26.2 Å². The van der Waals surface area contributed by atoms with Gasteiger partial charge in [0.1, 0.15) is 0 Å². The second-order valence-corrected chi connectivity index (χ2v) is 8.31. The molecule has 0 bridgehead atoms. The van der Waals surface area contributed by atoms with Gasteiger partial charge in [-0.25, -0.2) is 0 Å². The van der Waals surface area contributed by atoms with E-state index in [1.165, 1.54) is 38.2 Å². The lowest BCUT2D eigenvalue weighted by molar-refractivity contribution is -0.133. The number of rotatable bonds is 4. The number of para-hydroxylation sites is 1. The standard InChI is InChI=1S/C23H29N3O3/c27-21-16-19(18-8-4-5-9-20(18)24-21)23(29)26-14-12-25(13-15-26)22(28)11-10-17-6-2-1-3-7-17/h4-5,8-9,16-17H,1-3,6-7,10-15H2,(H,24,27). The summed E-state index contributed by atoms with van der Waals surface area (Å²) in [7, 11) is 0. The van der Waals surface area contributed by atoms with Crippen molar-refractivity contribution in [2.45, 2.75) is 44.9 Å². The Morgan fingerprint density at radius 1 is 0.966 bits per heavy atom. The SMILES string of the molecule is O=C(CCC1CCCCC1)N1CCN(C(=O)c2cc(=O)[nH]c3ccccc23)CC1. The van der Waals surface area contributed by atoms with Crippen molar-refractivity contribution in [2.24, 2.45) is 5.92 Å². The normalized spacial score (nSPS) is 18.2. The predicted molar refractivity (Wildman–Crippen MR) is 113 cm³/mol. The molecule has 2 heterocycles. The summed E-state index contributed by atoms with van der Waals surface area (Å²) in [6.07, 6.45) is 8.09. The summed E-state index contributed by atoms with van der Waals surface area (Å²) in [5.74, 6) is 0.783. The number of hydrogen-bond acceptors (Lipinski definition) is 3. The summed E-state index contributed by atoms with van der Waals surface area (Å²) < 4.78 is 0. The third-order valence-corrected chi connectivity index (χ3v) is 6.39. The van der Waals surface area contributed by atoms with Gasteiger partial charge in [0.05, 0.1) is 5.56 Å². The minimum Gasteiger partial charge on any atom is -0.339 e. The molecule has 4 rings (SSSR count). The van der Waals surface area contributed by atoms with Crippen LogP contribution in [-0.2, 0) is 4.79 Å². The first-order chi connectivity index (χ1) is 14.1. The number of aromatic nitrogens is 1. The molecule has 1 aromatic heterocycles. The summed E-state index contributed by atoms with van der Waals surface area (Å²) in [5.41, 5.74) is 0.824. The van der Waals surface area contributed by atoms with Crippen LogP contribution < -0.4 is 5.56 Å². The number of nitrogens with zero attached hydrogens (tertiary/aromatic N) is 2. The van der Waals surface area contributed by atoms with Gasteiger partial charge in [0.2, 0.25) is 11.5 Å². The first-order valence-corrected chi connectivity index (χ1v) is 10.8. The minimum absolute atomic E-state index is 0.137. The summed E-state index contributed by atoms with van der Waals surface area (Å²) in [6.45, 7) is 2.15. The van der Waals surface area contributed by atoms with E-state index in [2.05, 4.69) is 4.98 Å². The molecule has 6 nitrogen and oxygen atoms in total. The zero-order chi connectivity index (χ0) is 20.2. The van der Waals surface area contributed by atoms with Gasteiger partial charge in [0, 0.05) is 49.6 Å². The van der Waals surface area contributed by atoms with E-state index in [9.17, 15) is 14.4 Å². The van der Waals surface area contributed by atoms with Gasteiger partial charge in [0.25, 0.3) is 5.91 Å². The highest BCUT2D eigenvalue weighted by atomic mass is 16.2. The maximum atomic E-state index is 13.0. The van der Waals surface area contributed by atoms with Crippen LogP contribution in [0.15, 0.2) is 35.1 Å². The number of benzene rings is 1. The van der Waals surface area contributed by atoms with E-state index in [0.717, 1.165) is 11.8 Å². The first-order valence-electron chi connectivity index (χ1n) is 10.8. The van der Waals surface area contributed by atoms with Gasteiger partial charge >= 0.3 is 0 Å². The van der Waals surface area contributed by atoms with Crippen LogP contribution in [0.5, 0.6) is 0 Å². The van der Waals surface area contributed by atoms with Crippen molar-refractivity contribution < 1.29 is 9.59 Å². The van der Waals surface area contributed by atoms with Gasteiger partial charge in [-0.1, -0.05) is 50.3 Å². The molecule has 1 saturated carbocycles. The molecule has 1 aliphatic heterocycles. The second kappa shape index (κ2) is 8.80. The lowest BCUT2D eigenvalue weighted by atomic mass is 9.86. The molecule has 2 fully saturated rings. The highest BCUT2D eigenvalue weighted by Gasteiger charge is 2.26. The van der Waals surface area contributed by atoms with E-state index < -0.39 is 0 Å². The lowest BCUT2D eigenvalue weighted by Crippen LogP contribution is -2.50. The van der Waals surface area contributed by atoms with Gasteiger partial charge in [0.15, 0.2) is 0 Å². The van der Waals surface area contributed by atoms with Crippen LogP contribution >= 0.6 is 0 Å². The molecule has 1 aromatic carbocycles. The molecule has 154 valence electrons. The number of piperazine rings is 1. The van der Waals surface area contributed by atoms with Gasteiger partial charge in [-0.15, -0.1) is 0 Å². The summed E-state index contributed by atoms with van der Waals surface area (Å²) in [4.78, 5) is 44.0. The smallest absolute Gasteiger partial charge is 0.254 e. The monoisotopic (exact) mass is 395 g/mol. The zero-order valence-electron chi connectivity index (χ0n) is 16.9. The number of carbonyl (C=O) groups is 2. The first kappa shape index (κ1) is 19.7. The molecule has 0 unspecified atom stereocenters. The van der Waals surface area contributed by atoms with Gasteiger partial charge in [-0.3, -0.25) is 14.4 Å². The summed E-state index contributed by atoms with van der Waals surface area (Å²) in [5, 5.41) is 0.753. The topological polar surface area (TPSA) is 73.5 Å². The van der Waals surface area contributed by atoms with Crippen molar-refractivity contribution in [3.05, 3.63) is 46.2 Å². The Labute approximate surface area is 170 Å². The van der Waals surface area contributed by atoms with Crippen molar-refractivity contribution in [1.82, 2.24) is 14.8 Å². The fraction of sp³-hybridized carbons (Fsp3) is 0.522. The average molecular weight is 396 g/mol. The molecule has 0 spiro atoms. The van der Waals surface area contributed by atoms with Crippen LogP contribution in [0.2, 0.25) is 0 Å². The van der Waals surface area contributed by atoms with E-state index >= 15 is 0 Å². The Morgan fingerprint density at radius 2 is 1.66 bits per heavy atom. The number of nitrogens with one attached hydrogen (secondary N) is 1. The van der Waals surface area contributed by atoms with E-state index in [0.29, 0.717) is 49.6 Å². The van der Waals surface area contributed by atoms with Crippen LogP contribution in [0.4, 0.5) is 0 Å². The summed E-state index contributed by atoms with van der Waals surface area (Å²) in [6, 6.07) is 8.73. The number of amides is 2. The van der Waals surface area contributed by atoms with Gasteiger partial charge < -0.3 is 14.8 Å². The third-order valence-electron chi connectivity index (χ3n) is 6.39. The minimum atomic E-state index is -0.274. The number of carbonyl (C=O) groups excluding carboxylic acids is 2. The summed E-state index contributed by atoms with van der Waals surface area (Å²) >= 11 is 0. The van der Waals surface area contributed by atoms with Crippen LogP contribution in [0.3, 0.4) is 0 Å². The molecular formula is C23H29N3O3. The second-order valence-electron chi connectivity index (χ2n) is 8.31. The van der Waals surface area contributed by atoms with Crippen molar-refractivity contribution >= 4 is 22.7 Å². The number of H-pyrrole nitrogens is 1. The number of pyridine rings is 1. The fourth-order valence-corrected chi connectivity index (χ4v) is 4.67. The zero-order valence-corrected chi connectivity index (χ0v) is 16.9. The molecule has 1 saturated heterocycles. The Kier molecular flexibility index (Phi) is 5.97. The number of hydrogen-bond donors (Lipinski definition) is 1. The van der Waals surface area contributed by atoms with E-state index in [4.69, 9.17) is 0 Å². The maximum Gasteiger partial charge on any atom is 0.254 e. The molecular weight excluding hydrogens is 366 g/mol. The number of aromatic amines is 1. The van der Waals surface area contributed by atoms with Crippen molar-refractivity contribution in [3.8, 4) is 0 Å². The molecule has 1 aliphatic carbocycles. The highest BCUT2D eigenvalue weighted by molar-refractivity contribution is 6.06. The van der Waals surface area contributed by atoms with E-state index in [1.807, 2.05) is 23.1 Å². The lowest BCUT2D eigenvalue weighted by Gasteiger charge is -2.35. The quantitative estimate of drug-likeness (QED) is 0.864. The molecule has 1 N–H and O–H groups in total. The highest BCUT2D eigenvalue weighted by Crippen LogP contribution is 2.27. The molecule has 0 atom stereocenters. The Hall–Kier alpha value is -2.63. The molecule has 0 radical (unpaired) electrons. The number of fused-ring (bicyclic) bond motifs is 1. The van der Waals surface area contributed by atoms with Gasteiger partial charge in [-0.05, 0) is 18.4 Å². The molecule has 6 heteroatoms. The van der Waals surface area contributed by atoms with Crippen LogP contribution in [0, 0.1) is 5.92 Å². The van der Waals surface area contributed by atoms with E-state index in [-0.39, 0.29) is 17.4 Å². The maximum absolute atomic E-state index is 13.0. The van der Waals surface area contributed by atoms with Crippen molar-refractivity contribution in [3.63, 3.8) is 0 Å². The fourth-order valence-electron chi connectivity index (χ4n) is 4.67. The largest absolute Gasteiger partial charge is 0.339 e.